The Morgan fingerprint density at radius 1 is 1.17 bits per heavy atom. The molecule has 1 aromatic carbocycles. The zero-order valence-corrected chi connectivity index (χ0v) is 11.0. The fourth-order valence-electron chi connectivity index (χ4n) is 1.28. The highest BCUT2D eigenvalue weighted by Gasteiger charge is 2.01. The standard InChI is InChI=1S/C15H20O3/c1-3-15(18-13-17-12-11-16-2)10-9-14-7-5-4-6-8-14/h4-8,15H,3,11-13H2,1-2H3. The van der Waals surface area contributed by atoms with E-state index in [9.17, 15) is 0 Å². The molecule has 0 aliphatic heterocycles. The van der Waals surface area contributed by atoms with Crippen LogP contribution in [0.25, 0.3) is 0 Å². The van der Waals surface area contributed by atoms with Crippen LogP contribution in [-0.4, -0.2) is 33.2 Å². The van der Waals surface area contributed by atoms with E-state index in [1.807, 2.05) is 37.3 Å². The minimum atomic E-state index is -0.0900. The molecule has 0 saturated carbocycles. The lowest BCUT2D eigenvalue weighted by atomic mass is 10.2. The van der Waals surface area contributed by atoms with Gasteiger partial charge in [0.25, 0.3) is 0 Å². The molecular weight excluding hydrogens is 228 g/mol. The second-order valence-corrected chi connectivity index (χ2v) is 3.72. The second-order valence-electron chi connectivity index (χ2n) is 3.72. The van der Waals surface area contributed by atoms with Gasteiger partial charge in [0, 0.05) is 12.7 Å². The summed E-state index contributed by atoms with van der Waals surface area (Å²) in [5.74, 6) is 6.19. The van der Waals surface area contributed by atoms with E-state index in [2.05, 4.69) is 11.8 Å². The van der Waals surface area contributed by atoms with Gasteiger partial charge in [-0.3, -0.25) is 0 Å². The molecule has 0 bridgehead atoms. The number of rotatable bonds is 7. The first-order chi connectivity index (χ1) is 8.86. The summed E-state index contributed by atoms with van der Waals surface area (Å²) in [7, 11) is 1.64. The van der Waals surface area contributed by atoms with E-state index in [1.54, 1.807) is 7.11 Å². The van der Waals surface area contributed by atoms with Crippen LogP contribution < -0.4 is 0 Å². The van der Waals surface area contributed by atoms with Gasteiger partial charge >= 0.3 is 0 Å². The van der Waals surface area contributed by atoms with Crippen LogP contribution in [0.3, 0.4) is 0 Å². The van der Waals surface area contributed by atoms with Crippen molar-refractivity contribution in [2.75, 3.05) is 27.1 Å². The van der Waals surface area contributed by atoms with Gasteiger partial charge in [0.05, 0.1) is 13.2 Å². The predicted molar refractivity (Wildman–Crippen MR) is 71.2 cm³/mol. The lowest BCUT2D eigenvalue weighted by molar-refractivity contribution is -0.0828. The molecule has 0 aliphatic carbocycles. The summed E-state index contributed by atoms with van der Waals surface area (Å²) in [5, 5.41) is 0. The van der Waals surface area contributed by atoms with Crippen molar-refractivity contribution < 1.29 is 14.2 Å². The van der Waals surface area contributed by atoms with Crippen LogP contribution in [0.4, 0.5) is 0 Å². The van der Waals surface area contributed by atoms with Crippen molar-refractivity contribution in [3.05, 3.63) is 35.9 Å². The van der Waals surface area contributed by atoms with E-state index in [0.29, 0.717) is 13.2 Å². The third kappa shape index (κ3) is 6.41. The van der Waals surface area contributed by atoms with Gasteiger partial charge in [-0.05, 0) is 18.6 Å². The molecular formula is C15H20O3. The Bertz CT molecular complexity index is 364. The molecule has 1 rings (SSSR count). The van der Waals surface area contributed by atoms with Gasteiger partial charge < -0.3 is 14.2 Å². The van der Waals surface area contributed by atoms with Gasteiger partial charge in [-0.2, -0.15) is 0 Å². The molecule has 1 atom stereocenters. The van der Waals surface area contributed by atoms with E-state index in [0.717, 1.165) is 12.0 Å². The number of benzene rings is 1. The van der Waals surface area contributed by atoms with Crippen molar-refractivity contribution in [1.29, 1.82) is 0 Å². The molecule has 0 heterocycles. The minimum Gasteiger partial charge on any atom is -0.382 e. The third-order valence-electron chi connectivity index (χ3n) is 2.31. The quantitative estimate of drug-likeness (QED) is 0.421. The maximum Gasteiger partial charge on any atom is 0.148 e. The first-order valence-corrected chi connectivity index (χ1v) is 6.11. The Balaban J connectivity index is 2.31. The maximum atomic E-state index is 5.51. The molecule has 0 amide bonds. The van der Waals surface area contributed by atoms with Gasteiger partial charge in [0.2, 0.25) is 0 Å². The lowest BCUT2D eigenvalue weighted by Gasteiger charge is -2.10. The highest BCUT2D eigenvalue weighted by molar-refractivity contribution is 5.34. The molecule has 0 radical (unpaired) electrons. The summed E-state index contributed by atoms with van der Waals surface area (Å²) in [5.41, 5.74) is 1.000. The van der Waals surface area contributed by atoms with Crippen LogP contribution in [0.15, 0.2) is 30.3 Å². The smallest absolute Gasteiger partial charge is 0.148 e. The fraction of sp³-hybridized carbons (Fsp3) is 0.467. The summed E-state index contributed by atoms with van der Waals surface area (Å²) in [6.45, 7) is 3.42. The summed E-state index contributed by atoms with van der Waals surface area (Å²) < 4.78 is 15.6. The monoisotopic (exact) mass is 248 g/mol. The van der Waals surface area contributed by atoms with E-state index in [1.165, 1.54) is 0 Å². The Hall–Kier alpha value is -1.34. The molecule has 0 N–H and O–H groups in total. The van der Waals surface area contributed by atoms with E-state index in [-0.39, 0.29) is 12.9 Å². The largest absolute Gasteiger partial charge is 0.382 e. The Morgan fingerprint density at radius 2 is 1.94 bits per heavy atom. The van der Waals surface area contributed by atoms with Crippen LogP contribution >= 0.6 is 0 Å². The average molecular weight is 248 g/mol. The normalized spacial score (nSPS) is 11.7. The molecule has 18 heavy (non-hydrogen) atoms. The molecule has 0 spiro atoms. The van der Waals surface area contributed by atoms with Crippen LogP contribution in [0.1, 0.15) is 18.9 Å². The van der Waals surface area contributed by atoms with Crippen LogP contribution in [0.5, 0.6) is 0 Å². The van der Waals surface area contributed by atoms with Crippen LogP contribution in [-0.2, 0) is 14.2 Å². The molecule has 0 aliphatic rings. The molecule has 1 aromatic rings. The van der Waals surface area contributed by atoms with Crippen LogP contribution in [0, 0.1) is 11.8 Å². The molecule has 3 nitrogen and oxygen atoms in total. The maximum absolute atomic E-state index is 5.51. The second kappa shape index (κ2) is 9.67. The average Bonchev–Trinajstić information content (AvgIpc) is 2.43. The zero-order chi connectivity index (χ0) is 13.1. The van der Waals surface area contributed by atoms with Crippen molar-refractivity contribution in [2.24, 2.45) is 0 Å². The minimum absolute atomic E-state index is 0.0900. The number of methoxy groups -OCH3 is 1. The summed E-state index contributed by atoms with van der Waals surface area (Å²) in [6.07, 6.45) is 0.751. The van der Waals surface area contributed by atoms with Gasteiger partial charge in [0.15, 0.2) is 0 Å². The highest BCUT2D eigenvalue weighted by atomic mass is 16.7. The van der Waals surface area contributed by atoms with Gasteiger partial charge in [-0.25, -0.2) is 0 Å². The number of ether oxygens (including phenoxy) is 3. The van der Waals surface area contributed by atoms with E-state index in [4.69, 9.17) is 14.2 Å². The summed E-state index contributed by atoms with van der Waals surface area (Å²) in [6, 6.07) is 9.88. The molecule has 1 unspecified atom stereocenters. The van der Waals surface area contributed by atoms with Gasteiger partial charge in [-0.1, -0.05) is 37.0 Å². The van der Waals surface area contributed by atoms with Gasteiger partial charge in [-0.15, -0.1) is 0 Å². The van der Waals surface area contributed by atoms with Crippen molar-refractivity contribution in [3.63, 3.8) is 0 Å². The predicted octanol–water partition coefficient (Wildman–Crippen LogP) is 2.45. The van der Waals surface area contributed by atoms with Gasteiger partial charge in [0.1, 0.15) is 12.9 Å². The molecule has 0 saturated heterocycles. The van der Waals surface area contributed by atoms with Crippen LogP contribution in [0.2, 0.25) is 0 Å². The van der Waals surface area contributed by atoms with Crippen molar-refractivity contribution >= 4 is 0 Å². The van der Waals surface area contributed by atoms with Crippen molar-refractivity contribution in [2.45, 2.75) is 19.4 Å². The summed E-state index contributed by atoms with van der Waals surface area (Å²) in [4.78, 5) is 0. The Labute approximate surface area is 109 Å². The highest BCUT2D eigenvalue weighted by Crippen LogP contribution is 1.99. The van der Waals surface area contributed by atoms with E-state index < -0.39 is 0 Å². The fourth-order valence-corrected chi connectivity index (χ4v) is 1.28. The first-order valence-electron chi connectivity index (χ1n) is 6.11. The Kier molecular flexibility index (Phi) is 7.90. The third-order valence-corrected chi connectivity index (χ3v) is 2.31. The number of hydrogen-bond acceptors (Lipinski definition) is 3. The SMILES string of the molecule is CCC(C#Cc1ccccc1)OCOCCOC. The topological polar surface area (TPSA) is 27.7 Å². The molecule has 0 aromatic heterocycles. The molecule has 98 valence electrons. The Morgan fingerprint density at radius 3 is 2.61 bits per heavy atom. The lowest BCUT2D eigenvalue weighted by Crippen LogP contribution is -2.13. The van der Waals surface area contributed by atoms with Crippen molar-refractivity contribution in [3.8, 4) is 11.8 Å². The van der Waals surface area contributed by atoms with Crippen molar-refractivity contribution in [1.82, 2.24) is 0 Å². The molecule has 3 heteroatoms. The van der Waals surface area contributed by atoms with E-state index >= 15 is 0 Å². The zero-order valence-electron chi connectivity index (χ0n) is 11.0. The first kappa shape index (κ1) is 14.7. The summed E-state index contributed by atoms with van der Waals surface area (Å²) >= 11 is 0. The molecule has 0 fully saturated rings. The number of hydrogen-bond donors (Lipinski definition) is 0.